The number of benzene rings is 1. The van der Waals surface area contributed by atoms with Gasteiger partial charge in [0.1, 0.15) is 11.4 Å². The maximum Gasteiger partial charge on any atom is 0.341 e. The molecule has 1 aromatic carbocycles. The van der Waals surface area contributed by atoms with Crippen LogP contribution in [0.4, 0.5) is 13.2 Å². The molecule has 3 nitrogen and oxygen atoms in total. The van der Waals surface area contributed by atoms with Gasteiger partial charge in [0.15, 0.2) is 11.6 Å². The first-order valence-corrected chi connectivity index (χ1v) is 5.04. The third-order valence-electron chi connectivity index (χ3n) is 3.19. The molecule has 1 fully saturated rings. The number of hydrogen-bond acceptors (Lipinski definition) is 2. The Morgan fingerprint density at radius 1 is 1.35 bits per heavy atom. The minimum absolute atomic E-state index is 0.0786. The zero-order valence-corrected chi connectivity index (χ0v) is 8.77. The largest absolute Gasteiger partial charge is 0.477 e. The second kappa shape index (κ2) is 3.73. The van der Waals surface area contributed by atoms with Gasteiger partial charge >= 0.3 is 5.97 Å². The van der Waals surface area contributed by atoms with Crippen molar-refractivity contribution < 1.29 is 23.1 Å². The minimum atomic E-state index is -1.83. The van der Waals surface area contributed by atoms with Crippen molar-refractivity contribution in [1.29, 1.82) is 0 Å². The van der Waals surface area contributed by atoms with Crippen molar-refractivity contribution in [3.8, 4) is 0 Å². The first-order chi connectivity index (χ1) is 7.93. The fraction of sp³-hybridized carbons (Fsp3) is 0.364. The summed E-state index contributed by atoms with van der Waals surface area (Å²) in [5, 5.41) is 8.57. The lowest BCUT2D eigenvalue weighted by Crippen LogP contribution is -2.23. The van der Waals surface area contributed by atoms with E-state index in [9.17, 15) is 18.0 Å². The van der Waals surface area contributed by atoms with Crippen molar-refractivity contribution in [2.45, 2.75) is 18.3 Å². The summed E-state index contributed by atoms with van der Waals surface area (Å²) in [6.07, 6.45) is 1.09. The van der Waals surface area contributed by atoms with Gasteiger partial charge in [-0.1, -0.05) is 0 Å². The fourth-order valence-electron chi connectivity index (χ4n) is 1.91. The van der Waals surface area contributed by atoms with Crippen LogP contribution in [0.3, 0.4) is 0 Å². The quantitative estimate of drug-likeness (QED) is 0.798. The van der Waals surface area contributed by atoms with Crippen LogP contribution < -0.4 is 5.73 Å². The van der Waals surface area contributed by atoms with E-state index in [0.29, 0.717) is 12.8 Å². The van der Waals surface area contributed by atoms with Gasteiger partial charge in [0.25, 0.3) is 0 Å². The Hall–Kier alpha value is -1.56. The second-order valence-corrected chi connectivity index (χ2v) is 4.20. The topological polar surface area (TPSA) is 63.3 Å². The number of carboxylic acids is 1. The van der Waals surface area contributed by atoms with Gasteiger partial charge in [0.05, 0.1) is 0 Å². The van der Waals surface area contributed by atoms with Crippen LogP contribution in [0, 0.1) is 17.5 Å². The summed E-state index contributed by atoms with van der Waals surface area (Å²) in [6, 6.07) is 0.738. The van der Waals surface area contributed by atoms with Crippen LogP contribution in [0.25, 0.3) is 0 Å². The fourth-order valence-corrected chi connectivity index (χ4v) is 1.91. The molecule has 0 atom stereocenters. The standard InChI is InChI=1S/C11H10F3NO2/c12-6-3-5(11(4-15)1-2-11)8(13)9(14)7(6)10(16)17/h3H,1-2,4,15H2,(H,16,17). The van der Waals surface area contributed by atoms with Crippen molar-refractivity contribution in [1.82, 2.24) is 0 Å². The number of rotatable bonds is 3. The zero-order valence-electron chi connectivity index (χ0n) is 8.77. The van der Waals surface area contributed by atoms with Gasteiger partial charge in [-0.05, 0) is 18.9 Å². The number of nitrogens with two attached hydrogens (primary N) is 1. The smallest absolute Gasteiger partial charge is 0.341 e. The highest BCUT2D eigenvalue weighted by Gasteiger charge is 2.46. The molecule has 1 aliphatic rings. The maximum atomic E-state index is 13.7. The Balaban J connectivity index is 2.62. The van der Waals surface area contributed by atoms with Crippen LogP contribution in [0.2, 0.25) is 0 Å². The lowest BCUT2D eigenvalue weighted by atomic mass is 9.93. The Morgan fingerprint density at radius 3 is 2.35 bits per heavy atom. The number of hydrogen-bond donors (Lipinski definition) is 2. The molecule has 0 bridgehead atoms. The Morgan fingerprint density at radius 2 is 1.94 bits per heavy atom. The van der Waals surface area contributed by atoms with Crippen molar-refractivity contribution >= 4 is 5.97 Å². The van der Waals surface area contributed by atoms with E-state index in [2.05, 4.69) is 0 Å². The highest BCUT2D eigenvalue weighted by molar-refractivity contribution is 5.88. The van der Waals surface area contributed by atoms with Gasteiger partial charge in [-0.25, -0.2) is 18.0 Å². The van der Waals surface area contributed by atoms with Crippen LogP contribution >= 0.6 is 0 Å². The van der Waals surface area contributed by atoms with Crippen LogP contribution in [0.15, 0.2) is 6.07 Å². The Labute approximate surface area is 95.0 Å². The molecular weight excluding hydrogens is 235 g/mol. The van der Waals surface area contributed by atoms with Crippen LogP contribution in [-0.2, 0) is 5.41 Å². The Kier molecular flexibility index (Phi) is 2.61. The lowest BCUT2D eigenvalue weighted by molar-refractivity contribution is 0.0685. The average Bonchev–Trinajstić information content (AvgIpc) is 3.04. The molecule has 0 aliphatic heterocycles. The summed E-state index contributed by atoms with van der Waals surface area (Å²) in [5.74, 6) is -6.08. The predicted molar refractivity (Wildman–Crippen MR) is 53.2 cm³/mol. The van der Waals surface area contributed by atoms with E-state index in [-0.39, 0.29) is 12.1 Å². The molecule has 92 valence electrons. The molecule has 0 amide bonds. The molecule has 3 N–H and O–H groups in total. The van der Waals surface area contributed by atoms with Crippen LogP contribution in [-0.4, -0.2) is 17.6 Å². The highest BCUT2D eigenvalue weighted by atomic mass is 19.2. The monoisotopic (exact) mass is 245 g/mol. The summed E-state index contributed by atoms with van der Waals surface area (Å²) >= 11 is 0. The van der Waals surface area contributed by atoms with Crippen molar-refractivity contribution in [2.24, 2.45) is 5.73 Å². The lowest BCUT2D eigenvalue weighted by Gasteiger charge is -2.15. The molecule has 0 heterocycles. The Bertz CT molecular complexity index is 498. The molecule has 0 aromatic heterocycles. The first-order valence-electron chi connectivity index (χ1n) is 5.04. The summed E-state index contributed by atoms with van der Waals surface area (Å²) in [7, 11) is 0. The van der Waals surface area contributed by atoms with E-state index in [0.717, 1.165) is 6.07 Å². The summed E-state index contributed by atoms with van der Waals surface area (Å²) < 4.78 is 40.5. The number of halogens is 3. The number of aromatic carboxylic acids is 1. The maximum absolute atomic E-state index is 13.7. The molecule has 1 aliphatic carbocycles. The van der Waals surface area contributed by atoms with E-state index >= 15 is 0 Å². The van der Waals surface area contributed by atoms with Crippen molar-refractivity contribution in [2.75, 3.05) is 6.54 Å². The molecule has 17 heavy (non-hydrogen) atoms. The molecule has 0 saturated heterocycles. The van der Waals surface area contributed by atoms with Gasteiger partial charge in [0, 0.05) is 17.5 Å². The van der Waals surface area contributed by atoms with E-state index in [1.165, 1.54) is 0 Å². The molecule has 1 saturated carbocycles. The summed E-state index contributed by atoms with van der Waals surface area (Å²) in [6.45, 7) is 0.0786. The van der Waals surface area contributed by atoms with Gasteiger partial charge < -0.3 is 10.8 Å². The third-order valence-corrected chi connectivity index (χ3v) is 3.19. The number of carbonyl (C=O) groups is 1. The second-order valence-electron chi connectivity index (χ2n) is 4.20. The zero-order chi connectivity index (χ0) is 12.8. The molecule has 6 heteroatoms. The van der Waals surface area contributed by atoms with Crippen LogP contribution in [0.5, 0.6) is 0 Å². The van der Waals surface area contributed by atoms with Gasteiger partial charge in [-0.15, -0.1) is 0 Å². The average molecular weight is 245 g/mol. The van der Waals surface area contributed by atoms with E-state index in [1.807, 2.05) is 0 Å². The minimum Gasteiger partial charge on any atom is -0.477 e. The van der Waals surface area contributed by atoms with E-state index in [4.69, 9.17) is 10.8 Å². The SMILES string of the molecule is NCC1(c2cc(F)c(C(=O)O)c(F)c2F)CC1. The molecule has 0 radical (unpaired) electrons. The van der Waals surface area contributed by atoms with Gasteiger partial charge in [-0.3, -0.25) is 0 Å². The van der Waals surface area contributed by atoms with E-state index in [1.54, 1.807) is 0 Å². The molecule has 2 rings (SSSR count). The van der Waals surface area contributed by atoms with Crippen molar-refractivity contribution in [3.05, 3.63) is 34.6 Å². The summed E-state index contributed by atoms with van der Waals surface area (Å²) in [4.78, 5) is 10.6. The molecule has 0 spiro atoms. The molecule has 0 unspecified atom stereocenters. The molecular formula is C11H10F3NO2. The predicted octanol–water partition coefficient (Wildman–Crippen LogP) is 1.79. The number of carboxylic acid groups (broad SMARTS) is 1. The molecule has 1 aromatic rings. The van der Waals surface area contributed by atoms with Gasteiger partial charge in [-0.2, -0.15) is 0 Å². The normalized spacial score (nSPS) is 16.9. The highest BCUT2D eigenvalue weighted by Crippen LogP contribution is 2.48. The third kappa shape index (κ3) is 1.68. The summed E-state index contributed by atoms with van der Waals surface area (Å²) in [5.41, 5.74) is 3.28. The van der Waals surface area contributed by atoms with Crippen molar-refractivity contribution in [3.63, 3.8) is 0 Å². The first kappa shape index (κ1) is 11.9. The van der Waals surface area contributed by atoms with Gasteiger partial charge in [0.2, 0.25) is 0 Å². The van der Waals surface area contributed by atoms with Crippen LogP contribution in [0.1, 0.15) is 28.8 Å². The van der Waals surface area contributed by atoms with E-state index < -0.39 is 34.4 Å².